The van der Waals surface area contributed by atoms with Gasteiger partial charge in [0.1, 0.15) is 5.75 Å². The highest BCUT2D eigenvalue weighted by molar-refractivity contribution is 5.95. The van der Waals surface area contributed by atoms with E-state index in [1.807, 2.05) is 25.1 Å². The van der Waals surface area contributed by atoms with Crippen LogP contribution in [0.1, 0.15) is 41.3 Å². The van der Waals surface area contributed by atoms with E-state index in [1.54, 1.807) is 18.3 Å². The Bertz CT molecular complexity index is 715. The van der Waals surface area contributed by atoms with Crippen LogP contribution < -0.4 is 15.6 Å². The van der Waals surface area contributed by atoms with Gasteiger partial charge in [0.2, 0.25) is 0 Å². The molecule has 0 radical (unpaired) electrons. The maximum Gasteiger partial charge on any atom is 0.276 e. The molecule has 2 N–H and O–H groups in total. The lowest BCUT2D eigenvalue weighted by Gasteiger charge is -2.15. The molecule has 1 aromatic heterocycles. The molecule has 2 rings (SSSR count). The van der Waals surface area contributed by atoms with Crippen molar-refractivity contribution in [2.75, 3.05) is 6.61 Å². The number of carbonyl (C=O) groups is 2. The van der Waals surface area contributed by atoms with Crippen LogP contribution in [-0.4, -0.2) is 23.4 Å². The molecule has 126 valence electrons. The molecule has 24 heavy (non-hydrogen) atoms. The number of hydrogen-bond donors (Lipinski definition) is 2. The van der Waals surface area contributed by atoms with Gasteiger partial charge in [0.25, 0.3) is 11.8 Å². The van der Waals surface area contributed by atoms with Gasteiger partial charge >= 0.3 is 0 Å². The Labute approximate surface area is 141 Å². The molecule has 0 saturated carbocycles. The summed E-state index contributed by atoms with van der Waals surface area (Å²) in [4.78, 5) is 27.5. The minimum Gasteiger partial charge on any atom is -0.483 e. The van der Waals surface area contributed by atoms with Gasteiger partial charge in [0.05, 0.1) is 5.56 Å². The lowest BCUT2D eigenvalue weighted by atomic mass is 10.0. The van der Waals surface area contributed by atoms with Crippen LogP contribution in [0.4, 0.5) is 0 Å². The highest BCUT2D eigenvalue weighted by Crippen LogP contribution is 2.27. The third-order valence-electron chi connectivity index (χ3n) is 3.39. The Morgan fingerprint density at radius 1 is 1.21 bits per heavy atom. The van der Waals surface area contributed by atoms with Crippen molar-refractivity contribution in [1.82, 2.24) is 15.8 Å². The van der Waals surface area contributed by atoms with E-state index in [0.717, 1.165) is 11.1 Å². The number of ether oxygens (including phenoxy) is 1. The van der Waals surface area contributed by atoms with Crippen LogP contribution in [0.5, 0.6) is 5.75 Å². The number of nitrogens with one attached hydrogen (secondary N) is 2. The van der Waals surface area contributed by atoms with Crippen LogP contribution in [0, 0.1) is 6.92 Å². The standard InChI is InChI=1S/C18H21N3O3/c1-12(2)15-7-6-13(3)9-16(15)24-11-17(22)20-21-18(23)14-5-4-8-19-10-14/h4-10,12H,11H2,1-3H3,(H,20,22)(H,21,23). The smallest absolute Gasteiger partial charge is 0.276 e. The molecular weight excluding hydrogens is 306 g/mol. The molecule has 2 aromatic rings. The molecule has 1 aromatic carbocycles. The Morgan fingerprint density at radius 3 is 2.67 bits per heavy atom. The highest BCUT2D eigenvalue weighted by Gasteiger charge is 2.11. The Balaban J connectivity index is 1.88. The molecule has 0 unspecified atom stereocenters. The summed E-state index contributed by atoms with van der Waals surface area (Å²) in [6.45, 7) is 5.90. The molecule has 6 heteroatoms. The van der Waals surface area contributed by atoms with Gasteiger partial charge in [-0.2, -0.15) is 0 Å². The summed E-state index contributed by atoms with van der Waals surface area (Å²) in [5, 5.41) is 0. The average Bonchev–Trinajstić information content (AvgIpc) is 2.58. The first kappa shape index (κ1) is 17.5. The van der Waals surface area contributed by atoms with Crippen LogP contribution in [0.3, 0.4) is 0 Å². The number of rotatable bonds is 5. The molecular formula is C18H21N3O3. The molecule has 1 heterocycles. The first-order chi connectivity index (χ1) is 11.5. The van der Waals surface area contributed by atoms with E-state index in [-0.39, 0.29) is 12.5 Å². The number of hydrazine groups is 1. The number of amides is 2. The maximum absolute atomic E-state index is 11.9. The SMILES string of the molecule is Cc1ccc(C(C)C)c(OCC(=O)NNC(=O)c2cccnc2)c1. The van der Waals surface area contributed by atoms with Crippen molar-refractivity contribution < 1.29 is 14.3 Å². The molecule has 0 aliphatic heterocycles. The minimum absolute atomic E-state index is 0.184. The Morgan fingerprint density at radius 2 is 2.00 bits per heavy atom. The van der Waals surface area contributed by atoms with Gasteiger partial charge in [0.15, 0.2) is 6.61 Å². The molecule has 0 fully saturated rings. The van der Waals surface area contributed by atoms with E-state index in [4.69, 9.17) is 4.74 Å². The Kier molecular flexibility index (Phi) is 5.89. The molecule has 0 spiro atoms. The summed E-state index contributed by atoms with van der Waals surface area (Å²) in [7, 11) is 0. The van der Waals surface area contributed by atoms with E-state index in [2.05, 4.69) is 29.7 Å². The van der Waals surface area contributed by atoms with Gasteiger partial charge in [-0.3, -0.25) is 25.4 Å². The fourth-order valence-electron chi connectivity index (χ4n) is 2.12. The van der Waals surface area contributed by atoms with Gasteiger partial charge < -0.3 is 4.74 Å². The van der Waals surface area contributed by atoms with Crippen LogP contribution in [0.2, 0.25) is 0 Å². The van der Waals surface area contributed by atoms with E-state index in [1.165, 1.54) is 6.20 Å². The summed E-state index contributed by atoms with van der Waals surface area (Å²) in [5.74, 6) is 0.0889. The second-order valence-corrected chi connectivity index (χ2v) is 5.73. The lowest BCUT2D eigenvalue weighted by Crippen LogP contribution is -2.43. The second kappa shape index (κ2) is 8.10. The van der Waals surface area contributed by atoms with E-state index < -0.39 is 11.8 Å². The first-order valence-corrected chi connectivity index (χ1v) is 7.70. The van der Waals surface area contributed by atoms with Crippen molar-refractivity contribution in [2.24, 2.45) is 0 Å². The largest absolute Gasteiger partial charge is 0.483 e. The summed E-state index contributed by atoms with van der Waals surface area (Å²) >= 11 is 0. The summed E-state index contributed by atoms with van der Waals surface area (Å²) in [6.07, 6.45) is 2.98. The monoisotopic (exact) mass is 327 g/mol. The fourth-order valence-corrected chi connectivity index (χ4v) is 2.12. The summed E-state index contributed by atoms with van der Waals surface area (Å²) < 4.78 is 5.60. The minimum atomic E-state index is -0.441. The van der Waals surface area contributed by atoms with Gasteiger partial charge in [-0.25, -0.2) is 0 Å². The van der Waals surface area contributed by atoms with Crippen molar-refractivity contribution >= 4 is 11.8 Å². The first-order valence-electron chi connectivity index (χ1n) is 7.70. The van der Waals surface area contributed by atoms with Crippen molar-refractivity contribution in [3.63, 3.8) is 0 Å². The summed E-state index contributed by atoms with van der Waals surface area (Å²) in [6, 6.07) is 9.16. The van der Waals surface area contributed by atoms with Crippen molar-refractivity contribution in [3.8, 4) is 5.75 Å². The van der Waals surface area contributed by atoms with Gasteiger partial charge in [-0.05, 0) is 42.2 Å². The van der Waals surface area contributed by atoms with Crippen LogP contribution in [0.15, 0.2) is 42.7 Å². The third kappa shape index (κ3) is 4.81. The topological polar surface area (TPSA) is 80.3 Å². The highest BCUT2D eigenvalue weighted by atomic mass is 16.5. The zero-order chi connectivity index (χ0) is 17.5. The third-order valence-corrected chi connectivity index (χ3v) is 3.39. The number of nitrogens with zero attached hydrogens (tertiary/aromatic N) is 1. The zero-order valence-electron chi connectivity index (χ0n) is 14.0. The quantitative estimate of drug-likeness (QED) is 0.826. The number of aromatic nitrogens is 1. The number of carbonyl (C=O) groups excluding carboxylic acids is 2. The molecule has 0 bridgehead atoms. The normalized spacial score (nSPS) is 10.3. The predicted molar refractivity (Wildman–Crippen MR) is 90.6 cm³/mol. The molecule has 0 aliphatic rings. The van der Waals surface area contributed by atoms with Crippen molar-refractivity contribution in [2.45, 2.75) is 26.7 Å². The zero-order valence-corrected chi connectivity index (χ0v) is 14.0. The van der Waals surface area contributed by atoms with Gasteiger partial charge in [0, 0.05) is 12.4 Å². The van der Waals surface area contributed by atoms with E-state index in [0.29, 0.717) is 11.3 Å². The van der Waals surface area contributed by atoms with Gasteiger partial charge in [-0.15, -0.1) is 0 Å². The van der Waals surface area contributed by atoms with Crippen LogP contribution >= 0.6 is 0 Å². The summed E-state index contributed by atoms with van der Waals surface area (Å²) in [5.41, 5.74) is 7.10. The number of pyridine rings is 1. The van der Waals surface area contributed by atoms with E-state index >= 15 is 0 Å². The maximum atomic E-state index is 11.9. The lowest BCUT2D eigenvalue weighted by molar-refractivity contribution is -0.123. The van der Waals surface area contributed by atoms with Gasteiger partial charge in [-0.1, -0.05) is 26.0 Å². The van der Waals surface area contributed by atoms with Crippen LogP contribution in [-0.2, 0) is 4.79 Å². The predicted octanol–water partition coefficient (Wildman–Crippen LogP) is 2.35. The molecule has 2 amide bonds. The Hall–Kier alpha value is -2.89. The number of hydrogen-bond acceptors (Lipinski definition) is 4. The van der Waals surface area contributed by atoms with Crippen molar-refractivity contribution in [1.29, 1.82) is 0 Å². The van der Waals surface area contributed by atoms with Crippen molar-refractivity contribution in [3.05, 3.63) is 59.4 Å². The average molecular weight is 327 g/mol. The molecule has 6 nitrogen and oxygen atoms in total. The number of aryl methyl sites for hydroxylation is 1. The number of benzene rings is 1. The molecule has 0 aliphatic carbocycles. The van der Waals surface area contributed by atoms with Crippen LogP contribution in [0.25, 0.3) is 0 Å². The fraction of sp³-hybridized carbons (Fsp3) is 0.278. The second-order valence-electron chi connectivity index (χ2n) is 5.73. The molecule has 0 saturated heterocycles. The molecule has 0 atom stereocenters. The van der Waals surface area contributed by atoms with E-state index in [9.17, 15) is 9.59 Å².